The molecule has 0 amide bonds. The van der Waals surface area contributed by atoms with E-state index in [0.29, 0.717) is 0 Å². The van der Waals surface area contributed by atoms with Gasteiger partial charge in [-0.1, -0.05) is 85.0 Å². The summed E-state index contributed by atoms with van der Waals surface area (Å²) in [5.41, 5.74) is 8.14. The van der Waals surface area contributed by atoms with Crippen LogP contribution < -0.4 is 14.2 Å². The molecule has 0 radical (unpaired) electrons. The Kier molecular flexibility index (Phi) is 10.3. The molecule has 4 aromatic rings. The average molecular weight is 613 g/mol. The molecule has 1 N–H and O–H groups in total. The zero-order valence-electron chi connectivity index (χ0n) is 26.0. The second-order valence-electron chi connectivity index (χ2n) is 12.4. The monoisotopic (exact) mass is 612 g/mol. The average Bonchev–Trinajstić information content (AvgIpc) is 3.62. The number of benzene rings is 4. The molecular weight excluding hydrogens is 570 g/mol. The Balaban J connectivity index is 0.000000196. The van der Waals surface area contributed by atoms with Crippen molar-refractivity contribution in [2.45, 2.75) is 39.4 Å². The third-order valence-corrected chi connectivity index (χ3v) is 19.0. The van der Waals surface area contributed by atoms with E-state index in [-0.39, 0.29) is 5.54 Å². The van der Waals surface area contributed by atoms with Crippen molar-refractivity contribution in [3.8, 4) is 0 Å². The molecule has 0 unspecified atom stereocenters. The van der Waals surface area contributed by atoms with Crippen LogP contribution in [0.15, 0.2) is 127 Å². The van der Waals surface area contributed by atoms with E-state index in [1.165, 1.54) is 43.8 Å². The Morgan fingerprint density at radius 3 is 1.81 bits per heavy atom. The van der Waals surface area contributed by atoms with E-state index >= 15 is 0 Å². The summed E-state index contributed by atoms with van der Waals surface area (Å²) in [6.07, 6.45) is 17.5. The van der Waals surface area contributed by atoms with Crippen molar-refractivity contribution in [3.05, 3.63) is 166 Å². The van der Waals surface area contributed by atoms with Crippen LogP contribution in [0.25, 0.3) is 33.8 Å². The third kappa shape index (κ3) is 8.31. The van der Waals surface area contributed by atoms with Gasteiger partial charge in [0, 0.05) is 0 Å². The van der Waals surface area contributed by atoms with Crippen LogP contribution in [-0.4, -0.2) is 12.2 Å². The molecule has 3 heteroatoms. The van der Waals surface area contributed by atoms with Gasteiger partial charge < -0.3 is 0 Å². The summed E-state index contributed by atoms with van der Waals surface area (Å²) in [6.45, 7) is 11.2. The number of fused-ring (bicyclic) bond motifs is 2. The molecule has 0 bridgehead atoms. The van der Waals surface area contributed by atoms with Gasteiger partial charge in [-0.25, -0.2) is 0 Å². The first-order chi connectivity index (χ1) is 20.8. The van der Waals surface area contributed by atoms with Crippen molar-refractivity contribution in [1.82, 2.24) is 3.80 Å². The molecule has 4 aromatic carbocycles. The molecule has 2 aliphatic rings. The Hall–Kier alpha value is -3.53. The Morgan fingerprint density at radius 1 is 0.721 bits per heavy atom. The third-order valence-electron chi connectivity index (χ3n) is 7.39. The number of hydrogen-bond acceptors (Lipinski definition) is 1. The molecule has 0 aromatic heterocycles. The van der Waals surface area contributed by atoms with Crippen LogP contribution >= 0.6 is 0 Å². The van der Waals surface area contributed by atoms with Crippen LogP contribution in [0.1, 0.15) is 48.6 Å². The topological polar surface area (TPSA) is 12.0 Å². The van der Waals surface area contributed by atoms with Gasteiger partial charge in [0.15, 0.2) is 0 Å². The predicted octanol–water partition coefficient (Wildman–Crippen LogP) is 8.37. The van der Waals surface area contributed by atoms with E-state index in [1.54, 1.807) is 3.88 Å². The second-order valence-corrected chi connectivity index (χ2v) is 25.0. The maximum atomic E-state index is 4.10. The van der Waals surface area contributed by atoms with E-state index in [1.807, 2.05) is 36.4 Å². The Morgan fingerprint density at radius 2 is 1.28 bits per heavy atom. The van der Waals surface area contributed by atoms with Gasteiger partial charge in [-0.15, -0.1) is 0 Å². The molecule has 215 valence electrons. The molecular formula is C40H42NSiTi. The van der Waals surface area contributed by atoms with Crippen molar-refractivity contribution in [1.29, 1.82) is 0 Å². The van der Waals surface area contributed by atoms with Crippen molar-refractivity contribution < 1.29 is 17.4 Å². The van der Waals surface area contributed by atoms with Gasteiger partial charge >= 0.3 is 171 Å². The van der Waals surface area contributed by atoms with Gasteiger partial charge in [-0.2, -0.15) is 0 Å². The van der Waals surface area contributed by atoms with Crippen LogP contribution in [0, 0.1) is 0 Å². The summed E-state index contributed by atoms with van der Waals surface area (Å²) in [5.74, 6) is 0. The van der Waals surface area contributed by atoms with E-state index in [9.17, 15) is 0 Å². The zero-order chi connectivity index (χ0) is 30.2. The maximum absolute atomic E-state index is 4.10. The summed E-state index contributed by atoms with van der Waals surface area (Å²) < 4.78 is 5.74. The first kappa shape index (κ1) is 30.9. The fourth-order valence-electron chi connectivity index (χ4n) is 5.39. The molecule has 6 rings (SSSR count). The van der Waals surface area contributed by atoms with Crippen molar-refractivity contribution in [2.75, 3.05) is 0 Å². The molecule has 0 atom stereocenters. The first-order valence-corrected chi connectivity index (χ1v) is 22.4. The van der Waals surface area contributed by atoms with Crippen molar-refractivity contribution >= 4 is 40.4 Å². The molecule has 1 nitrogen and oxygen atoms in total. The van der Waals surface area contributed by atoms with Gasteiger partial charge in [0.25, 0.3) is 0 Å². The van der Waals surface area contributed by atoms with E-state index in [0.717, 1.165) is 0 Å². The molecule has 0 aliphatic heterocycles. The van der Waals surface area contributed by atoms with E-state index in [2.05, 4.69) is 153 Å². The normalized spacial score (nSPS) is 13.5. The molecule has 0 heterocycles. The van der Waals surface area contributed by atoms with Crippen LogP contribution in [0.2, 0.25) is 13.1 Å². The van der Waals surface area contributed by atoms with Crippen LogP contribution in [0.3, 0.4) is 0 Å². The predicted molar refractivity (Wildman–Crippen MR) is 189 cm³/mol. The Bertz CT molecular complexity index is 1730. The first-order valence-electron chi connectivity index (χ1n) is 15.2. The van der Waals surface area contributed by atoms with Crippen LogP contribution in [0.4, 0.5) is 0 Å². The molecule has 43 heavy (non-hydrogen) atoms. The van der Waals surface area contributed by atoms with Crippen molar-refractivity contribution in [3.63, 3.8) is 0 Å². The van der Waals surface area contributed by atoms with Gasteiger partial charge in [0.2, 0.25) is 0 Å². The van der Waals surface area contributed by atoms with Gasteiger partial charge in [0.1, 0.15) is 0 Å². The quantitative estimate of drug-likeness (QED) is 0.163. The fraction of sp³-hybridized carbons (Fsp3) is 0.150. The number of allylic oxidation sites excluding steroid dienone is 4. The minimum atomic E-state index is -1.55. The molecule has 0 spiro atoms. The fourth-order valence-corrected chi connectivity index (χ4v) is 16.1. The number of nitrogens with one attached hydrogen (secondary N) is 1. The van der Waals surface area contributed by atoms with Gasteiger partial charge in [-0.3, -0.25) is 0 Å². The summed E-state index contributed by atoms with van der Waals surface area (Å²) in [6, 6.07) is 36.3. The SMILES string of the molecule is C(/C=C/c1ccccc1)=C\c1ccccc1.C[SiH](C)[Ti]([NH]C(C)(C)C)[C]1=c2cc3c(cc2C(c2ccccc2)=C1)=CC=C3. The van der Waals surface area contributed by atoms with Crippen LogP contribution in [0.5, 0.6) is 0 Å². The summed E-state index contributed by atoms with van der Waals surface area (Å²) in [4.78, 5) is 0. The molecule has 0 saturated heterocycles. The summed E-state index contributed by atoms with van der Waals surface area (Å²) >= 11 is -1.55. The van der Waals surface area contributed by atoms with E-state index in [4.69, 9.17) is 0 Å². The van der Waals surface area contributed by atoms with Crippen molar-refractivity contribution in [2.24, 2.45) is 0 Å². The van der Waals surface area contributed by atoms with Gasteiger partial charge in [-0.05, 0) is 11.1 Å². The standard InChI is InChI=1S/C18H11.C16H14.C4H10N.C2H7Si.Ti/c1-2-5-13(6-3-1)17-10-9-16-11-14-7-4-8-15(14)12-18(16)17;1-3-9-15(10-4-1)13-7-8-14-16-11-5-2-6-12-16;1-4(2,3)5;1-3-2;/h1-8,10-12H;1-14H;5H,1-3H3;3H,1-2H3;/q;;-1;;+1/b;13-7+,14-8+;;;. The minimum absolute atomic E-state index is 0.174. The van der Waals surface area contributed by atoms with Gasteiger partial charge in [0.05, 0.1) is 0 Å². The van der Waals surface area contributed by atoms with Crippen LogP contribution in [-0.2, 0) is 17.4 Å². The number of hydrogen-bond donors (Lipinski definition) is 1. The zero-order valence-corrected chi connectivity index (χ0v) is 28.7. The molecule has 2 aliphatic carbocycles. The molecule has 0 fully saturated rings. The van der Waals surface area contributed by atoms with E-state index < -0.39 is 24.0 Å². The second kappa shape index (κ2) is 14.3. The summed E-state index contributed by atoms with van der Waals surface area (Å²) in [5, 5.41) is 2.84. The Labute approximate surface area is 265 Å². The summed E-state index contributed by atoms with van der Waals surface area (Å²) in [7, 11) is 0. The molecule has 0 saturated carbocycles. The number of rotatable bonds is 7.